The summed E-state index contributed by atoms with van der Waals surface area (Å²) in [5, 5.41) is 3.69. The number of hydrogen-bond acceptors (Lipinski definition) is 4. The van der Waals surface area contributed by atoms with Crippen LogP contribution >= 0.6 is 11.8 Å². The van der Waals surface area contributed by atoms with Gasteiger partial charge in [-0.3, -0.25) is 0 Å². The minimum atomic E-state index is 0.200. The Bertz CT molecular complexity index is 269. The molecule has 1 N–H and O–H groups in total. The Morgan fingerprint density at radius 2 is 2.30 bits per heavy atom. The van der Waals surface area contributed by atoms with Crippen molar-refractivity contribution < 1.29 is 9.47 Å². The molecule has 3 nitrogen and oxygen atoms in total. The smallest absolute Gasteiger partial charge is 0.0783 e. The summed E-state index contributed by atoms with van der Waals surface area (Å²) < 4.78 is 11.8. The molecule has 20 heavy (non-hydrogen) atoms. The Balaban J connectivity index is 1.83. The Hall–Kier alpha value is 0.230. The SMILES string of the molecule is CCCOCCC(NCC)C1CCOC2(CCSC2)C1. The molecule has 2 saturated heterocycles. The average molecular weight is 301 g/mol. The molecule has 0 bridgehead atoms. The van der Waals surface area contributed by atoms with E-state index in [1.807, 2.05) is 0 Å². The van der Waals surface area contributed by atoms with Crippen LogP contribution in [-0.2, 0) is 9.47 Å². The van der Waals surface area contributed by atoms with E-state index in [1.165, 1.54) is 30.8 Å². The van der Waals surface area contributed by atoms with Crippen LogP contribution in [0.2, 0.25) is 0 Å². The van der Waals surface area contributed by atoms with E-state index in [0.717, 1.165) is 45.1 Å². The molecule has 2 heterocycles. The molecule has 1 spiro atoms. The van der Waals surface area contributed by atoms with Crippen molar-refractivity contribution in [2.45, 2.75) is 57.6 Å². The molecule has 3 unspecified atom stereocenters. The van der Waals surface area contributed by atoms with Crippen LogP contribution in [0.15, 0.2) is 0 Å². The molecule has 0 aromatic heterocycles. The monoisotopic (exact) mass is 301 g/mol. The Labute approximate surface area is 128 Å². The zero-order valence-corrected chi connectivity index (χ0v) is 14.0. The molecule has 2 aliphatic heterocycles. The molecule has 2 rings (SSSR count). The third kappa shape index (κ3) is 4.62. The van der Waals surface area contributed by atoms with E-state index < -0.39 is 0 Å². The first-order valence-electron chi connectivity index (χ1n) is 8.32. The zero-order valence-electron chi connectivity index (χ0n) is 13.2. The summed E-state index contributed by atoms with van der Waals surface area (Å²) in [6.07, 6.45) is 5.95. The predicted molar refractivity (Wildman–Crippen MR) is 86.5 cm³/mol. The third-order valence-electron chi connectivity index (χ3n) is 4.56. The fourth-order valence-corrected chi connectivity index (χ4v) is 4.87. The Morgan fingerprint density at radius 3 is 3.00 bits per heavy atom. The highest BCUT2D eigenvalue weighted by Gasteiger charge is 2.42. The van der Waals surface area contributed by atoms with E-state index in [-0.39, 0.29) is 5.60 Å². The molecule has 0 aromatic carbocycles. The topological polar surface area (TPSA) is 30.5 Å². The first-order valence-corrected chi connectivity index (χ1v) is 9.48. The highest BCUT2D eigenvalue weighted by molar-refractivity contribution is 7.99. The maximum atomic E-state index is 6.15. The van der Waals surface area contributed by atoms with Crippen molar-refractivity contribution in [3.8, 4) is 0 Å². The summed E-state index contributed by atoms with van der Waals surface area (Å²) in [6, 6.07) is 0.600. The lowest BCUT2D eigenvalue weighted by Crippen LogP contribution is -2.47. The molecule has 0 aromatic rings. The largest absolute Gasteiger partial charge is 0.381 e. The molecule has 3 atom stereocenters. The molecular formula is C16H31NO2S. The van der Waals surface area contributed by atoms with Gasteiger partial charge >= 0.3 is 0 Å². The van der Waals surface area contributed by atoms with Gasteiger partial charge in [0.25, 0.3) is 0 Å². The number of ether oxygens (including phenoxy) is 2. The lowest BCUT2D eigenvalue weighted by molar-refractivity contribution is -0.0864. The lowest BCUT2D eigenvalue weighted by atomic mass is 9.80. The van der Waals surface area contributed by atoms with Gasteiger partial charge in [0.15, 0.2) is 0 Å². The van der Waals surface area contributed by atoms with Crippen molar-refractivity contribution in [3.05, 3.63) is 0 Å². The van der Waals surface area contributed by atoms with Crippen molar-refractivity contribution in [1.82, 2.24) is 5.32 Å². The van der Waals surface area contributed by atoms with Gasteiger partial charge in [-0.1, -0.05) is 13.8 Å². The second-order valence-electron chi connectivity index (χ2n) is 6.15. The van der Waals surface area contributed by atoms with Gasteiger partial charge in [0, 0.05) is 31.6 Å². The van der Waals surface area contributed by atoms with Crippen LogP contribution in [0.4, 0.5) is 0 Å². The van der Waals surface area contributed by atoms with Crippen molar-refractivity contribution in [2.75, 3.05) is 37.9 Å². The first kappa shape index (κ1) is 16.6. The van der Waals surface area contributed by atoms with Crippen LogP contribution < -0.4 is 5.32 Å². The van der Waals surface area contributed by atoms with Crippen molar-refractivity contribution in [1.29, 1.82) is 0 Å². The lowest BCUT2D eigenvalue weighted by Gasteiger charge is -2.41. The first-order chi connectivity index (χ1) is 9.79. The van der Waals surface area contributed by atoms with Gasteiger partial charge in [-0.2, -0.15) is 11.8 Å². The van der Waals surface area contributed by atoms with Gasteiger partial charge in [0.05, 0.1) is 5.60 Å². The second kappa shape index (κ2) is 8.62. The van der Waals surface area contributed by atoms with E-state index in [4.69, 9.17) is 9.47 Å². The fourth-order valence-electron chi connectivity index (χ4n) is 3.50. The zero-order chi connectivity index (χ0) is 14.3. The van der Waals surface area contributed by atoms with E-state index >= 15 is 0 Å². The Morgan fingerprint density at radius 1 is 1.40 bits per heavy atom. The van der Waals surface area contributed by atoms with Crippen LogP contribution in [0.5, 0.6) is 0 Å². The number of thioether (sulfide) groups is 1. The predicted octanol–water partition coefficient (Wildman–Crippen LogP) is 3.08. The molecule has 0 saturated carbocycles. The second-order valence-corrected chi connectivity index (χ2v) is 7.26. The quantitative estimate of drug-likeness (QED) is 0.698. The van der Waals surface area contributed by atoms with Gasteiger partial charge in [-0.05, 0) is 50.3 Å². The third-order valence-corrected chi connectivity index (χ3v) is 5.78. The van der Waals surface area contributed by atoms with Gasteiger partial charge in [-0.15, -0.1) is 0 Å². The van der Waals surface area contributed by atoms with Crippen molar-refractivity contribution in [3.63, 3.8) is 0 Å². The molecule has 4 heteroatoms. The number of rotatable bonds is 8. The molecule has 0 radical (unpaired) electrons. The molecular weight excluding hydrogens is 270 g/mol. The highest BCUT2D eigenvalue weighted by atomic mass is 32.2. The summed E-state index contributed by atoms with van der Waals surface area (Å²) >= 11 is 2.06. The maximum absolute atomic E-state index is 6.15. The van der Waals surface area contributed by atoms with Crippen LogP contribution in [-0.4, -0.2) is 49.5 Å². The van der Waals surface area contributed by atoms with Gasteiger partial charge in [0.2, 0.25) is 0 Å². The summed E-state index contributed by atoms with van der Waals surface area (Å²) in [4.78, 5) is 0. The average Bonchev–Trinajstić information content (AvgIpc) is 2.90. The van der Waals surface area contributed by atoms with Crippen molar-refractivity contribution in [2.24, 2.45) is 5.92 Å². The molecule has 118 valence electrons. The van der Waals surface area contributed by atoms with Crippen molar-refractivity contribution >= 4 is 11.8 Å². The minimum absolute atomic E-state index is 0.200. The summed E-state index contributed by atoms with van der Waals surface area (Å²) in [5.41, 5.74) is 0.200. The molecule has 2 aliphatic rings. The number of nitrogens with one attached hydrogen (secondary N) is 1. The molecule has 0 aliphatic carbocycles. The summed E-state index contributed by atoms with van der Waals surface area (Å²) in [6.45, 7) is 8.17. The minimum Gasteiger partial charge on any atom is -0.381 e. The number of hydrogen-bond donors (Lipinski definition) is 1. The fraction of sp³-hybridized carbons (Fsp3) is 1.00. The normalized spacial score (nSPS) is 31.8. The maximum Gasteiger partial charge on any atom is 0.0783 e. The van der Waals surface area contributed by atoms with Gasteiger partial charge < -0.3 is 14.8 Å². The molecule has 0 amide bonds. The van der Waals surface area contributed by atoms with E-state index in [1.54, 1.807) is 0 Å². The summed E-state index contributed by atoms with van der Waals surface area (Å²) in [7, 11) is 0. The van der Waals surface area contributed by atoms with E-state index in [2.05, 4.69) is 30.9 Å². The van der Waals surface area contributed by atoms with Gasteiger partial charge in [-0.25, -0.2) is 0 Å². The Kier molecular flexibility index (Phi) is 7.15. The standard InChI is InChI=1S/C16H31NO2S/c1-3-8-18-9-6-15(17-4-2)14-5-10-19-16(12-14)7-11-20-13-16/h14-15,17H,3-13H2,1-2H3. The molecule has 2 fully saturated rings. The summed E-state index contributed by atoms with van der Waals surface area (Å²) in [5.74, 6) is 3.24. The van der Waals surface area contributed by atoms with Crippen LogP contribution in [0.3, 0.4) is 0 Å². The van der Waals surface area contributed by atoms with E-state index in [9.17, 15) is 0 Å². The van der Waals surface area contributed by atoms with Gasteiger partial charge in [0.1, 0.15) is 0 Å². The van der Waals surface area contributed by atoms with E-state index in [0.29, 0.717) is 6.04 Å². The van der Waals surface area contributed by atoms with Crippen LogP contribution in [0.25, 0.3) is 0 Å². The van der Waals surface area contributed by atoms with Crippen LogP contribution in [0.1, 0.15) is 46.0 Å². The van der Waals surface area contributed by atoms with Crippen LogP contribution in [0, 0.1) is 5.92 Å². The highest BCUT2D eigenvalue weighted by Crippen LogP contribution is 2.41.